The highest BCUT2D eigenvalue weighted by atomic mass is 16.5. The first kappa shape index (κ1) is 13.5. The molecule has 94 valence electrons. The summed E-state index contributed by atoms with van der Waals surface area (Å²) in [6.07, 6.45) is 0. The Morgan fingerprint density at radius 1 is 1.35 bits per heavy atom. The van der Waals surface area contributed by atoms with Crippen molar-refractivity contribution in [3.63, 3.8) is 0 Å². The molecule has 0 aliphatic rings. The van der Waals surface area contributed by atoms with Crippen molar-refractivity contribution in [1.82, 2.24) is 5.32 Å². The largest absolute Gasteiger partial charge is 0.495 e. The smallest absolute Gasteiger partial charge is 0.246 e. The maximum absolute atomic E-state index is 12.3. The monoisotopic (exact) mass is 236 g/mol. The van der Waals surface area contributed by atoms with Crippen molar-refractivity contribution in [3.8, 4) is 5.75 Å². The number of carbonyl (C=O) groups excluding carboxylic acids is 1. The summed E-state index contributed by atoms with van der Waals surface area (Å²) in [5.41, 5.74) is 0.165. The average molecular weight is 236 g/mol. The molecule has 0 fully saturated rings. The molecule has 4 nitrogen and oxygen atoms in total. The highest BCUT2D eigenvalue weighted by molar-refractivity contribution is 6.00. The number of para-hydroxylation sites is 2. The van der Waals surface area contributed by atoms with Crippen LogP contribution in [0.15, 0.2) is 24.3 Å². The maximum atomic E-state index is 12.3. The van der Waals surface area contributed by atoms with Crippen LogP contribution in [0, 0.1) is 0 Å². The summed E-state index contributed by atoms with van der Waals surface area (Å²) in [5.74, 6) is 0.680. The quantitative estimate of drug-likeness (QED) is 0.864. The molecular formula is C13H20N2O2. The number of anilines is 1. The Morgan fingerprint density at radius 3 is 2.47 bits per heavy atom. The third-order valence-electron chi connectivity index (χ3n) is 2.91. The Balaban J connectivity index is 3.04. The fourth-order valence-electron chi connectivity index (χ4n) is 1.54. The molecule has 17 heavy (non-hydrogen) atoms. The van der Waals surface area contributed by atoms with E-state index in [1.54, 1.807) is 26.1 Å². The Bertz CT molecular complexity index is 402. The summed E-state index contributed by atoms with van der Waals surface area (Å²) in [4.78, 5) is 13.9. The fraction of sp³-hybridized carbons (Fsp3) is 0.462. The molecule has 0 unspecified atom stereocenters. The van der Waals surface area contributed by atoms with Gasteiger partial charge in [0, 0.05) is 7.05 Å². The van der Waals surface area contributed by atoms with E-state index in [9.17, 15) is 4.79 Å². The Labute approximate surface area is 103 Å². The summed E-state index contributed by atoms with van der Waals surface area (Å²) in [7, 11) is 5.12. The zero-order chi connectivity index (χ0) is 13.1. The van der Waals surface area contributed by atoms with Crippen LogP contribution >= 0.6 is 0 Å². The van der Waals surface area contributed by atoms with Crippen molar-refractivity contribution in [3.05, 3.63) is 24.3 Å². The number of rotatable bonds is 4. The summed E-state index contributed by atoms with van der Waals surface area (Å²) in [5, 5.41) is 3.00. The van der Waals surface area contributed by atoms with Gasteiger partial charge in [-0.1, -0.05) is 12.1 Å². The predicted octanol–water partition coefficient (Wildman–Crippen LogP) is 1.66. The number of nitrogens with zero attached hydrogens (tertiary/aromatic N) is 1. The Kier molecular flexibility index (Phi) is 4.12. The predicted molar refractivity (Wildman–Crippen MR) is 69.5 cm³/mol. The number of methoxy groups -OCH3 is 1. The SMILES string of the molecule is CNC(C)(C)C(=O)N(C)c1ccccc1OC. The molecule has 4 heteroatoms. The van der Waals surface area contributed by atoms with Crippen molar-refractivity contribution in [2.75, 3.05) is 26.1 Å². The molecule has 1 aromatic carbocycles. The maximum Gasteiger partial charge on any atom is 0.246 e. The molecule has 1 aromatic rings. The standard InChI is InChI=1S/C13H20N2O2/c1-13(2,14-3)12(16)15(4)10-8-6-7-9-11(10)17-5/h6-9,14H,1-5H3. The van der Waals surface area contributed by atoms with Crippen molar-refractivity contribution in [2.45, 2.75) is 19.4 Å². The van der Waals surface area contributed by atoms with Crippen LogP contribution in [-0.2, 0) is 4.79 Å². The second kappa shape index (κ2) is 5.19. The Hall–Kier alpha value is -1.55. The summed E-state index contributed by atoms with van der Waals surface area (Å²) >= 11 is 0. The third-order valence-corrected chi connectivity index (χ3v) is 2.91. The van der Waals surface area contributed by atoms with Crippen LogP contribution in [0.5, 0.6) is 5.75 Å². The summed E-state index contributed by atoms with van der Waals surface area (Å²) in [6, 6.07) is 7.46. The molecular weight excluding hydrogens is 216 g/mol. The average Bonchev–Trinajstić information content (AvgIpc) is 2.36. The zero-order valence-electron chi connectivity index (χ0n) is 11.1. The lowest BCUT2D eigenvalue weighted by Gasteiger charge is -2.29. The van der Waals surface area contributed by atoms with Crippen LogP contribution < -0.4 is 15.0 Å². The first-order valence-corrected chi connectivity index (χ1v) is 5.54. The number of amides is 1. The van der Waals surface area contributed by atoms with E-state index in [4.69, 9.17) is 4.74 Å². The number of benzene rings is 1. The van der Waals surface area contributed by atoms with E-state index in [0.717, 1.165) is 5.69 Å². The topological polar surface area (TPSA) is 41.6 Å². The number of likely N-dealkylation sites (N-methyl/N-ethyl adjacent to an activating group) is 2. The minimum absolute atomic E-state index is 0.00972. The van der Waals surface area contributed by atoms with E-state index < -0.39 is 5.54 Å². The van der Waals surface area contributed by atoms with Gasteiger partial charge in [0.15, 0.2) is 0 Å². The second-order valence-corrected chi connectivity index (χ2v) is 4.41. The molecule has 1 N–H and O–H groups in total. The van der Waals surface area contributed by atoms with Gasteiger partial charge in [-0.25, -0.2) is 0 Å². The Morgan fingerprint density at radius 2 is 1.94 bits per heavy atom. The van der Waals surface area contributed by atoms with E-state index in [0.29, 0.717) is 5.75 Å². The highest BCUT2D eigenvalue weighted by Crippen LogP contribution is 2.27. The van der Waals surface area contributed by atoms with Gasteiger partial charge in [-0.2, -0.15) is 0 Å². The van der Waals surface area contributed by atoms with E-state index in [1.807, 2.05) is 38.1 Å². The number of nitrogens with one attached hydrogen (secondary N) is 1. The first-order valence-electron chi connectivity index (χ1n) is 5.54. The third kappa shape index (κ3) is 2.77. The molecule has 0 saturated heterocycles. The van der Waals surface area contributed by atoms with Crippen LogP contribution in [0.3, 0.4) is 0 Å². The van der Waals surface area contributed by atoms with Crippen LogP contribution in [0.2, 0.25) is 0 Å². The van der Waals surface area contributed by atoms with Crippen molar-refractivity contribution in [2.24, 2.45) is 0 Å². The highest BCUT2D eigenvalue weighted by Gasteiger charge is 2.30. The van der Waals surface area contributed by atoms with Crippen LogP contribution in [-0.4, -0.2) is 32.7 Å². The van der Waals surface area contributed by atoms with Crippen molar-refractivity contribution < 1.29 is 9.53 Å². The van der Waals surface area contributed by atoms with Crippen LogP contribution in [0.25, 0.3) is 0 Å². The molecule has 0 atom stereocenters. The molecule has 0 bridgehead atoms. The lowest BCUT2D eigenvalue weighted by molar-refractivity contribution is -0.123. The second-order valence-electron chi connectivity index (χ2n) is 4.41. The van der Waals surface area contributed by atoms with Gasteiger partial charge in [-0.3, -0.25) is 4.79 Å². The van der Waals surface area contributed by atoms with Crippen molar-refractivity contribution in [1.29, 1.82) is 0 Å². The minimum Gasteiger partial charge on any atom is -0.495 e. The molecule has 0 radical (unpaired) electrons. The summed E-state index contributed by atoms with van der Waals surface area (Å²) in [6.45, 7) is 3.70. The zero-order valence-corrected chi connectivity index (χ0v) is 11.1. The van der Waals surface area contributed by atoms with E-state index in [-0.39, 0.29) is 5.91 Å². The molecule has 0 heterocycles. The fourth-order valence-corrected chi connectivity index (χ4v) is 1.54. The van der Waals surface area contributed by atoms with E-state index in [2.05, 4.69) is 5.32 Å². The summed E-state index contributed by atoms with van der Waals surface area (Å²) < 4.78 is 5.25. The molecule has 1 rings (SSSR count). The number of hydrogen-bond acceptors (Lipinski definition) is 3. The van der Waals surface area contributed by atoms with Gasteiger partial charge in [0.05, 0.1) is 18.3 Å². The van der Waals surface area contributed by atoms with Gasteiger partial charge in [0.25, 0.3) is 0 Å². The molecule has 0 aliphatic carbocycles. The molecule has 0 aliphatic heterocycles. The van der Waals surface area contributed by atoms with Crippen molar-refractivity contribution >= 4 is 11.6 Å². The van der Waals surface area contributed by atoms with Crippen LogP contribution in [0.4, 0.5) is 5.69 Å². The molecule has 0 spiro atoms. The normalized spacial score (nSPS) is 11.1. The molecule has 0 saturated carbocycles. The lowest BCUT2D eigenvalue weighted by atomic mass is 10.0. The number of carbonyl (C=O) groups is 1. The van der Waals surface area contributed by atoms with Gasteiger partial charge in [0.1, 0.15) is 5.75 Å². The van der Waals surface area contributed by atoms with Gasteiger partial charge in [0.2, 0.25) is 5.91 Å². The van der Waals surface area contributed by atoms with Crippen LogP contribution in [0.1, 0.15) is 13.8 Å². The molecule has 1 amide bonds. The number of hydrogen-bond donors (Lipinski definition) is 1. The first-order chi connectivity index (χ1) is 7.94. The van der Waals surface area contributed by atoms with Gasteiger partial charge < -0.3 is 15.0 Å². The molecule has 0 aromatic heterocycles. The van der Waals surface area contributed by atoms with Gasteiger partial charge >= 0.3 is 0 Å². The number of ether oxygens (including phenoxy) is 1. The van der Waals surface area contributed by atoms with Gasteiger partial charge in [-0.05, 0) is 33.0 Å². The minimum atomic E-state index is -0.602. The van der Waals surface area contributed by atoms with E-state index >= 15 is 0 Å². The van der Waals surface area contributed by atoms with E-state index in [1.165, 1.54) is 0 Å². The lowest BCUT2D eigenvalue weighted by Crippen LogP contribution is -2.51. The van der Waals surface area contributed by atoms with Gasteiger partial charge in [-0.15, -0.1) is 0 Å².